The van der Waals surface area contributed by atoms with Crippen molar-refractivity contribution in [1.29, 1.82) is 0 Å². The Labute approximate surface area is 190 Å². The number of rotatable bonds is 8. The minimum absolute atomic E-state index is 0.102. The number of hydrogen-bond donors (Lipinski definition) is 1. The summed E-state index contributed by atoms with van der Waals surface area (Å²) in [5.41, 5.74) is 2.68. The maximum Gasteiger partial charge on any atom is 0.346 e. The molecule has 1 fully saturated rings. The Bertz CT molecular complexity index is 1280. The van der Waals surface area contributed by atoms with Crippen molar-refractivity contribution in [2.45, 2.75) is 38.8 Å². The second-order valence-corrected chi connectivity index (χ2v) is 8.38. The van der Waals surface area contributed by atoms with Crippen molar-refractivity contribution in [1.82, 2.24) is 24.3 Å². The second-order valence-electron chi connectivity index (χ2n) is 7.94. The van der Waals surface area contributed by atoms with Gasteiger partial charge in [-0.05, 0) is 50.1 Å². The second kappa shape index (κ2) is 8.67. The Hall–Kier alpha value is -3.32. The molecule has 1 aliphatic carbocycles. The molecule has 0 saturated heterocycles. The summed E-state index contributed by atoms with van der Waals surface area (Å²) in [7, 11) is 0. The molecule has 1 N–H and O–H groups in total. The van der Waals surface area contributed by atoms with Gasteiger partial charge >= 0.3 is 5.69 Å². The first-order valence-electron chi connectivity index (χ1n) is 10.8. The van der Waals surface area contributed by atoms with Crippen molar-refractivity contribution in [2.75, 3.05) is 6.61 Å². The van der Waals surface area contributed by atoms with Crippen molar-refractivity contribution < 1.29 is 4.74 Å². The summed E-state index contributed by atoms with van der Waals surface area (Å²) in [6, 6.07) is 15.6. The van der Waals surface area contributed by atoms with Crippen LogP contribution in [0.3, 0.4) is 0 Å². The number of ether oxygens (including phenoxy) is 1. The van der Waals surface area contributed by atoms with Gasteiger partial charge in [0.05, 0.1) is 25.0 Å². The molecule has 2 heterocycles. The fourth-order valence-electron chi connectivity index (χ4n) is 3.84. The van der Waals surface area contributed by atoms with Crippen LogP contribution in [0.2, 0.25) is 5.02 Å². The normalized spacial score (nSPS) is 13.4. The minimum atomic E-state index is -0.102. The lowest BCUT2D eigenvalue weighted by Gasteiger charge is -2.08. The molecule has 0 aliphatic heterocycles. The molecule has 4 aromatic rings. The Balaban J connectivity index is 1.40. The van der Waals surface area contributed by atoms with Gasteiger partial charge in [0.1, 0.15) is 11.6 Å². The average molecular weight is 450 g/mol. The number of aromatic nitrogens is 5. The summed E-state index contributed by atoms with van der Waals surface area (Å²) in [6.45, 7) is 2.92. The molecule has 0 amide bonds. The minimum Gasteiger partial charge on any atom is -0.494 e. The van der Waals surface area contributed by atoms with E-state index in [1.54, 1.807) is 10.8 Å². The van der Waals surface area contributed by atoms with E-state index in [4.69, 9.17) is 16.3 Å². The number of halogens is 1. The zero-order valence-corrected chi connectivity index (χ0v) is 18.5. The highest BCUT2D eigenvalue weighted by Gasteiger charge is 2.30. The molecule has 1 aliphatic rings. The number of benzene rings is 2. The zero-order chi connectivity index (χ0) is 22.1. The molecule has 32 heavy (non-hydrogen) atoms. The van der Waals surface area contributed by atoms with E-state index in [1.165, 1.54) is 4.68 Å². The Morgan fingerprint density at radius 3 is 2.69 bits per heavy atom. The van der Waals surface area contributed by atoms with Crippen molar-refractivity contribution in [3.63, 3.8) is 0 Å². The molecule has 0 unspecified atom stereocenters. The molecule has 0 spiro atoms. The third-order valence-corrected chi connectivity index (χ3v) is 5.77. The van der Waals surface area contributed by atoms with E-state index < -0.39 is 0 Å². The third-order valence-electron chi connectivity index (χ3n) is 5.52. The fourth-order valence-corrected chi connectivity index (χ4v) is 3.97. The SMILES string of the molecule is CCOc1ccccc1Cc1ncc(Cn2nc(-c3ccc(Cl)cc3)n(C3CC3)c2=O)[nH]1. The lowest BCUT2D eigenvalue weighted by molar-refractivity contribution is 0.337. The van der Waals surface area contributed by atoms with Gasteiger partial charge in [0.15, 0.2) is 5.82 Å². The van der Waals surface area contributed by atoms with Crippen LogP contribution >= 0.6 is 11.6 Å². The smallest absolute Gasteiger partial charge is 0.346 e. The first-order chi connectivity index (χ1) is 15.6. The zero-order valence-electron chi connectivity index (χ0n) is 17.8. The largest absolute Gasteiger partial charge is 0.494 e. The Morgan fingerprint density at radius 2 is 1.94 bits per heavy atom. The van der Waals surface area contributed by atoms with Gasteiger partial charge < -0.3 is 9.72 Å². The number of nitrogens with one attached hydrogen (secondary N) is 1. The number of aromatic amines is 1. The maximum absolute atomic E-state index is 13.1. The van der Waals surface area contributed by atoms with Gasteiger partial charge in [-0.3, -0.25) is 4.57 Å². The highest BCUT2D eigenvalue weighted by Crippen LogP contribution is 2.36. The number of para-hydroxylation sites is 1. The summed E-state index contributed by atoms with van der Waals surface area (Å²) in [5.74, 6) is 2.36. The number of hydrogen-bond acceptors (Lipinski definition) is 4. The van der Waals surface area contributed by atoms with E-state index in [1.807, 2.05) is 55.5 Å². The summed E-state index contributed by atoms with van der Waals surface area (Å²) >= 11 is 6.03. The van der Waals surface area contributed by atoms with Crippen LogP contribution in [0.4, 0.5) is 0 Å². The van der Waals surface area contributed by atoms with Gasteiger partial charge in [0.2, 0.25) is 0 Å². The van der Waals surface area contributed by atoms with Crippen molar-refractivity contribution >= 4 is 11.6 Å². The van der Waals surface area contributed by atoms with Gasteiger partial charge in [-0.15, -0.1) is 5.10 Å². The molecule has 164 valence electrons. The summed E-state index contributed by atoms with van der Waals surface area (Å²) in [5, 5.41) is 5.31. The lowest BCUT2D eigenvalue weighted by atomic mass is 10.1. The lowest BCUT2D eigenvalue weighted by Crippen LogP contribution is -2.25. The topological polar surface area (TPSA) is 77.7 Å². The van der Waals surface area contributed by atoms with Crippen LogP contribution in [-0.4, -0.2) is 30.9 Å². The number of nitrogens with zero attached hydrogens (tertiary/aromatic N) is 4. The van der Waals surface area contributed by atoms with Crippen LogP contribution in [0.15, 0.2) is 59.5 Å². The predicted molar refractivity (Wildman–Crippen MR) is 123 cm³/mol. The van der Waals surface area contributed by atoms with E-state index in [9.17, 15) is 4.79 Å². The van der Waals surface area contributed by atoms with E-state index in [-0.39, 0.29) is 11.7 Å². The van der Waals surface area contributed by atoms with Crippen LogP contribution < -0.4 is 10.4 Å². The fraction of sp³-hybridized carbons (Fsp3) is 0.292. The van der Waals surface area contributed by atoms with Crippen molar-refractivity contribution in [3.05, 3.63) is 87.3 Å². The molecule has 7 nitrogen and oxygen atoms in total. The number of imidazole rings is 1. The Morgan fingerprint density at radius 1 is 1.16 bits per heavy atom. The van der Waals surface area contributed by atoms with Gasteiger partial charge in [-0.2, -0.15) is 0 Å². The molecular formula is C24H24ClN5O2. The molecule has 5 rings (SSSR count). The van der Waals surface area contributed by atoms with Crippen molar-refractivity contribution in [2.24, 2.45) is 0 Å². The monoisotopic (exact) mass is 449 g/mol. The van der Waals surface area contributed by atoms with Crippen LogP contribution in [-0.2, 0) is 13.0 Å². The first-order valence-corrected chi connectivity index (χ1v) is 11.2. The van der Waals surface area contributed by atoms with Crippen LogP contribution in [0.1, 0.15) is 42.9 Å². The van der Waals surface area contributed by atoms with Gasteiger partial charge in [-0.1, -0.05) is 29.8 Å². The molecule has 2 aromatic carbocycles. The van der Waals surface area contributed by atoms with Gasteiger partial charge in [0, 0.05) is 28.6 Å². The molecule has 0 atom stereocenters. The molecular weight excluding hydrogens is 426 g/mol. The number of H-pyrrole nitrogens is 1. The summed E-state index contributed by atoms with van der Waals surface area (Å²) in [6.07, 6.45) is 4.39. The highest BCUT2D eigenvalue weighted by atomic mass is 35.5. The van der Waals surface area contributed by atoms with Gasteiger partial charge in [-0.25, -0.2) is 14.5 Å². The quantitative estimate of drug-likeness (QED) is 0.430. The third kappa shape index (κ3) is 4.21. The maximum atomic E-state index is 13.1. The van der Waals surface area contributed by atoms with E-state index in [0.717, 1.165) is 41.2 Å². The molecule has 0 radical (unpaired) electrons. The standard InChI is InChI=1S/C24H24ClN5O2/c1-2-32-21-6-4-3-5-17(21)13-22-26-14-19(27-22)15-29-24(31)30(20-11-12-20)23(28-29)16-7-9-18(25)10-8-16/h3-10,14,20H,2,11-13,15H2,1H3,(H,26,27). The van der Waals surface area contributed by atoms with E-state index in [0.29, 0.717) is 30.4 Å². The van der Waals surface area contributed by atoms with E-state index in [2.05, 4.69) is 15.1 Å². The van der Waals surface area contributed by atoms with Crippen LogP contribution in [0, 0.1) is 0 Å². The average Bonchev–Trinajstić information content (AvgIpc) is 3.45. The van der Waals surface area contributed by atoms with Crippen molar-refractivity contribution in [3.8, 4) is 17.1 Å². The first kappa shape index (κ1) is 20.6. The summed E-state index contributed by atoms with van der Waals surface area (Å²) in [4.78, 5) is 21.0. The molecule has 0 bridgehead atoms. The summed E-state index contributed by atoms with van der Waals surface area (Å²) < 4.78 is 9.02. The van der Waals surface area contributed by atoms with E-state index >= 15 is 0 Å². The molecule has 8 heteroatoms. The molecule has 2 aromatic heterocycles. The highest BCUT2D eigenvalue weighted by molar-refractivity contribution is 6.30. The molecule has 1 saturated carbocycles. The van der Waals surface area contributed by atoms with Crippen LogP contribution in [0.25, 0.3) is 11.4 Å². The predicted octanol–water partition coefficient (Wildman–Crippen LogP) is 4.46. The Kier molecular flexibility index (Phi) is 5.57. The van der Waals surface area contributed by atoms with Gasteiger partial charge in [0.25, 0.3) is 0 Å². The van der Waals surface area contributed by atoms with Crippen LogP contribution in [0.5, 0.6) is 5.75 Å².